The zero-order chi connectivity index (χ0) is 25.1. The normalized spacial score (nSPS) is 24.1. The molecule has 0 radical (unpaired) electrons. The molecule has 7 nitrogen and oxygen atoms in total. The molecule has 2 atom stereocenters. The minimum Gasteiger partial charge on any atom is -0.481 e. The highest BCUT2D eigenvalue weighted by Crippen LogP contribution is 2.39. The van der Waals surface area contributed by atoms with Gasteiger partial charge in [0.1, 0.15) is 11.6 Å². The lowest BCUT2D eigenvalue weighted by molar-refractivity contribution is 0.115. The molecule has 0 unspecified atom stereocenters. The summed E-state index contributed by atoms with van der Waals surface area (Å²) in [4.78, 5) is 21.2. The lowest BCUT2D eigenvalue weighted by atomic mass is 9.78. The van der Waals surface area contributed by atoms with Gasteiger partial charge in [-0.1, -0.05) is 12.2 Å². The molecule has 1 aliphatic heterocycles. The highest BCUT2D eigenvalue weighted by atomic mass is 19.1. The molecule has 0 spiro atoms. The number of carbonyl (C=O) groups is 1. The van der Waals surface area contributed by atoms with Crippen molar-refractivity contribution in [2.45, 2.75) is 43.9 Å². The Hall–Kier alpha value is -3.59. The average molecular weight is 495 g/mol. The lowest BCUT2D eigenvalue weighted by Crippen LogP contribution is -2.41. The Balaban J connectivity index is 1.21. The molecule has 3 heterocycles. The van der Waals surface area contributed by atoms with E-state index in [1.54, 1.807) is 31.5 Å². The predicted molar refractivity (Wildman–Crippen MR) is 131 cm³/mol. The van der Waals surface area contributed by atoms with Crippen LogP contribution in [-0.4, -0.2) is 41.8 Å². The minimum atomic E-state index is -0.460. The molecule has 2 aliphatic rings. The maximum atomic E-state index is 13.8. The quantitative estimate of drug-likeness (QED) is 0.485. The summed E-state index contributed by atoms with van der Waals surface area (Å²) in [7, 11) is 1.56. The van der Waals surface area contributed by atoms with Crippen molar-refractivity contribution in [2.24, 2.45) is 5.92 Å². The fourth-order valence-corrected chi connectivity index (χ4v) is 5.17. The van der Waals surface area contributed by atoms with Gasteiger partial charge in [-0.3, -0.25) is 4.98 Å². The lowest BCUT2D eigenvalue weighted by Gasteiger charge is -2.33. The number of nitrogens with one attached hydrogen (secondary N) is 2. The maximum Gasteiger partial charge on any atom is 0.408 e. The Morgan fingerprint density at radius 1 is 1.17 bits per heavy atom. The molecule has 3 aromatic rings. The molecule has 1 saturated heterocycles. The number of halogens is 2. The third-order valence-corrected chi connectivity index (χ3v) is 7.01. The van der Waals surface area contributed by atoms with Crippen molar-refractivity contribution in [1.82, 2.24) is 20.6 Å². The summed E-state index contributed by atoms with van der Waals surface area (Å²) in [5, 5.41) is 6.49. The summed E-state index contributed by atoms with van der Waals surface area (Å²) in [5.74, 6) is -0.172. The van der Waals surface area contributed by atoms with Gasteiger partial charge in [0.05, 0.1) is 24.2 Å². The number of pyridine rings is 2. The molecule has 1 aromatic carbocycles. The van der Waals surface area contributed by atoms with Crippen LogP contribution in [0, 0.1) is 17.6 Å². The van der Waals surface area contributed by atoms with E-state index in [2.05, 4.69) is 20.6 Å². The van der Waals surface area contributed by atoms with Gasteiger partial charge in [-0.25, -0.2) is 18.6 Å². The largest absolute Gasteiger partial charge is 0.481 e. The van der Waals surface area contributed by atoms with Gasteiger partial charge in [0.2, 0.25) is 5.88 Å². The molecule has 1 aliphatic carbocycles. The van der Waals surface area contributed by atoms with E-state index >= 15 is 0 Å². The molecular formula is C27H28F2N4O3. The Labute approximate surface area is 207 Å². The van der Waals surface area contributed by atoms with Gasteiger partial charge in [0.15, 0.2) is 6.10 Å². The number of aromatic nitrogens is 2. The number of ether oxygens (including phenoxy) is 2. The number of hydrogen-bond acceptors (Lipinski definition) is 6. The Bertz CT molecular complexity index is 1280. The summed E-state index contributed by atoms with van der Waals surface area (Å²) in [6.45, 7) is 0.563. The van der Waals surface area contributed by atoms with Gasteiger partial charge in [-0.05, 0) is 61.9 Å². The average Bonchev–Trinajstić information content (AvgIpc) is 3.29. The van der Waals surface area contributed by atoms with Crippen LogP contribution in [0.5, 0.6) is 5.88 Å². The summed E-state index contributed by atoms with van der Waals surface area (Å²) < 4.78 is 38.1. The van der Waals surface area contributed by atoms with Gasteiger partial charge in [-0.2, -0.15) is 0 Å². The van der Waals surface area contributed by atoms with Crippen molar-refractivity contribution in [2.75, 3.05) is 13.7 Å². The summed E-state index contributed by atoms with van der Waals surface area (Å²) in [5.41, 5.74) is 2.44. The number of alkyl carbamates (subject to hydrolysis) is 1. The van der Waals surface area contributed by atoms with E-state index in [4.69, 9.17) is 9.47 Å². The molecule has 1 saturated carbocycles. The number of cyclic esters (lactones) is 1. The second-order valence-electron chi connectivity index (χ2n) is 9.21. The van der Waals surface area contributed by atoms with Crippen molar-refractivity contribution in [1.29, 1.82) is 0 Å². The van der Waals surface area contributed by atoms with Crippen LogP contribution in [0.2, 0.25) is 0 Å². The van der Waals surface area contributed by atoms with Crippen LogP contribution in [0.4, 0.5) is 13.6 Å². The number of methoxy groups -OCH3 is 1. The fraction of sp³-hybridized carbons (Fsp3) is 0.370. The zero-order valence-corrected chi connectivity index (χ0v) is 19.9. The number of nitrogens with zero attached hydrogens (tertiary/aromatic N) is 2. The van der Waals surface area contributed by atoms with Crippen LogP contribution >= 0.6 is 0 Å². The van der Waals surface area contributed by atoms with Gasteiger partial charge >= 0.3 is 6.09 Å². The Morgan fingerprint density at radius 3 is 2.81 bits per heavy atom. The molecule has 0 bridgehead atoms. The van der Waals surface area contributed by atoms with E-state index in [1.165, 1.54) is 6.07 Å². The molecular weight excluding hydrogens is 466 g/mol. The standard InChI is InChI=1S/C27H28F2N4O3/c1-35-23-11-10-22-25(32-23)20(12-14-31-22)26-24(33-27(34)36-26)16-4-7-19(8-5-16)30-13-2-3-17-15-18(28)6-9-21(17)29/h2-3,6,9-12,14-16,19,24,26,30H,4-5,7-8,13H2,1H3,(H,33,34)/b3-2+/t16-,19-,24-,26-/m1/s1. The molecule has 36 heavy (non-hydrogen) atoms. The topological polar surface area (TPSA) is 85.4 Å². The van der Waals surface area contributed by atoms with Crippen molar-refractivity contribution in [3.63, 3.8) is 0 Å². The minimum absolute atomic E-state index is 0.159. The van der Waals surface area contributed by atoms with Crippen LogP contribution in [0.1, 0.15) is 42.9 Å². The van der Waals surface area contributed by atoms with Crippen molar-refractivity contribution in [3.8, 4) is 5.88 Å². The number of rotatable bonds is 7. The van der Waals surface area contributed by atoms with E-state index in [0.29, 0.717) is 29.5 Å². The predicted octanol–water partition coefficient (Wildman–Crippen LogP) is 4.93. The Kier molecular flexibility index (Phi) is 7.09. The van der Waals surface area contributed by atoms with Crippen molar-refractivity contribution < 1.29 is 23.0 Å². The highest BCUT2D eigenvalue weighted by Gasteiger charge is 2.42. The van der Waals surface area contributed by atoms with E-state index in [-0.39, 0.29) is 17.5 Å². The summed E-state index contributed by atoms with van der Waals surface area (Å²) in [6, 6.07) is 9.03. The molecule has 2 N–H and O–H groups in total. The first-order valence-corrected chi connectivity index (χ1v) is 12.1. The van der Waals surface area contributed by atoms with E-state index in [0.717, 1.165) is 43.4 Å². The second-order valence-corrected chi connectivity index (χ2v) is 9.21. The second kappa shape index (κ2) is 10.6. The number of carbonyl (C=O) groups excluding carboxylic acids is 1. The number of hydrogen-bond donors (Lipinski definition) is 2. The van der Waals surface area contributed by atoms with E-state index in [1.807, 2.05) is 12.1 Å². The smallest absolute Gasteiger partial charge is 0.408 e. The molecule has 2 fully saturated rings. The summed E-state index contributed by atoms with van der Waals surface area (Å²) in [6.07, 6.45) is 7.95. The van der Waals surface area contributed by atoms with E-state index < -0.39 is 23.8 Å². The molecule has 9 heteroatoms. The zero-order valence-electron chi connectivity index (χ0n) is 19.9. The first kappa shape index (κ1) is 24.1. The van der Waals surface area contributed by atoms with Crippen LogP contribution in [0.15, 0.2) is 48.7 Å². The van der Waals surface area contributed by atoms with Crippen molar-refractivity contribution >= 4 is 23.2 Å². The monoisotopic (exact) mass is 494 g/mol. The van der Waals surface area contributed by atoms with Gasteiger partial charge in [0, 0.05) is 36.0 Å². The third kappa shape index (κ3) is 5.16. The highest BCUT2D eigenvalue weighted by molar-refractivity contribution is 5.80. The van der Waals surface area contributed by atoms with Crippen molar-refractivity contribution in [3.05, 3.63) is 71.4 Å². The molecule has 188 valence electrons. The fourth-order valence-electron chi connectivity index (χ4n) is 5.17. The van der Waals surface area contributed by atoms with Gasteiger partial charge in [-0.15, -0.1) is 0 Å². The number of fused-ring (bicyclic) bond motifs is 1. The third-order valence-electron chi connectivity index (χ3n) is 7.01. The molecule has 5 rings (SSSR count). The van der Waals surface area contributed by atoms with Gasteiger partial charge < -0.3 is 20.1 Å². The number of amides is 1. The maximum absolute atomic E-state index is 13.8. The molecule has 1 amide bonds. The summed E-state index contributed by atoms with van der Waals surface area (Å²) >= 11 is 0. The SMILES string of the molecule is COc1ccc2nccc([C@H]3OC(=O)N[C@@H]3[C@H]3CC[C@H](NC/C=C/c4cc(F)ccc4F)CC3)c2n1. The first-order chi connectivity index (χ1) is 17.5. The Morgan fingerprint density at radius 2 is 2.00 bits per heavy atom. The molecule has 2 aromatic heterocycles. The van der Waals surface area contributed by atoms with Gasteiger partial charge in [0.25, 0.3) is 0 Å². The van der Waals surface area contributed by atoms with Crippen LogP contribution in [0.25, 0.3) is 17.1 Å². The van der Waals surface area contributed by atoms with Crippen LogP contribution in [-0.2, 0) is 4.74 Å². The van der Waals surface area contributed by atoms with Crippen LogP contribution in [0.3, 0.4) is 0 Å². The van der Waals surface area contributed by atoms with Crippen LogP contribution < -0.4 is 15.4 Å². The number of benzene rings is 1. The van der Waals surface area contributed by atoms with E-state index in [9.17, 15) is 13.6 Å². The first-order valence-electron chi connectivity index (χ1n) is 12.1.